The first kappa shape index (κ1) is 13.9. The van der Waals surface area contributed by atoms with Crippen molar-refractivity contribution in [1.29, 1.82) is 0 Å². The summed E-state index contributed by atoms with van der Waals surface area (Å²) in [5, 5.41) is -3.33. The molecule has 2 rings (SSSR count). The molecule has 102 valence electrons. The average molecular weight is 294 g/mol. The summed E-state index contributed by atoms with van der Waals surface area (Å²) in [5.41, 5.74) is -0.0277. The summed E-state index contributed by atoms with van der Waals surface area (Å²) in [4.78, 5) is 22.7. The van der Waals surface area contributed by atoms with Gasteiger partial charge in [0.2, 0.25) is 0 Å². The number of carbonyl (C=O) groups excluding carboxylic acids is 2. The van der Waals surface area contributed by atoms with E-state index in [4.69, 9.17) is 4.74 Å². The fourth-order valence-corrected chi connectivity index (χ4v) is 2.28. The van der Waals surface area contributed by atoms with Crippen LogP contribution in [0, 0.1) is 5.82 Å². The quantitative estimate of drug-likeness (QED) is 0.747. The molecule has 0 saturated carbocycles. The highest BCUT2D eigenvalue weighted by atomic mass is 32.2. The lowest BCUT2D eigenvalue weighted by molar-refractivity contribution is -0.160. The molecule has 0 radical (unpaired) electrons. The molecule has 1 aromatic carbocycles. The van der Waals surface area contributed by atoms with Crippen LogP contribution in [0.15, 0.2) is 18.2 Å². The summed E-state index contributed by atoms with van der Waals surface area (Å²) in [6.45, 7) is -0.401. The maximum Gasteiger partial charge on any atom is 0.460 e. The summed E-state index contributed by atoms with van der Waals surface area (Å²) in [6.07, 6.45) is -5.01. The number of benzene rings is 1. The summed E-state index contributed by atoms with van der Waals surface area (Å²) in [5.74, 6) is -1.32. The molecule has 1 unspecified atom stereocenters. The number of thioether (sulfide) groups is 1. The molecule has 0 amide bonds. The lowest BCUT2D eigenvalue weighted by atomic mass is 10.0. The number of hydrogen-bond donors (Lipinski definition) is 0. The Morgan fingerprint density at radius 3 is 2.68 bits per heavy atom. The third-order valence-electron chi connectivity index (χ3n) is 2.37. The van der Waals surface area contributed by atoms with Gasteiger partial charge in [0.05, 0.1) is 5.56 Å². The van der Waals surface area contributed by atoms with Gasteiger partial charge in [0.25, 0.3) is 5.12 Å². The molecule has 8 heteroatoms. The third kappa shape index (κ3) is 2.89. The van der Waals surface area contributed by atoms with Gasteiger partial charge in [-0.25, -0.2) is 4.39 Å². The molecule has 19 heavy (non-hydrogen) atoms. The fraction of sp³-hybridized carbons (Fsp3) is 0.273. The molecule has 3 nitrogen and oxygen atoms in total. The highest BCUT2D eigenvalue weighted by Gasteiger charge is 2.43. The summed E-state index contributed by atoms with van der Waals surface area (Å²) >= 11 is -0.129. The summed E-state index contributed by atoms with van der Waals surface area (Å²) in [6, 6.07) is 3.09. The predicted molar refractivity (Wildman–Crippen MR) is 58.7 cm³/mol. The minimum atomic E-state index is -5.01. The van der Waals surface area contributed by atoms with Gasteiger partial charge in [-0.15, -0.1) is 0 Å². The Balaban J connectivity index is 2.18. The first-order chi connectivity index (χ1) is 8.79. The predicted octanol–water partition coefficient (Wildman–Crippen LogP) is 2.59. The van der Waals surface area contributed by atoms with Gasteiger partial charge >= 0.3 is 6.18 Å². The van der Waals surface area contributed by atoms with Crippen molar-refractivity contribution < 1.29 is 31.9 Å². The van der Waals surface area contributed by atoms with Crippen LogP contribution >= 0.6 is 11.8 Å². The second kappa shape index (κ2) is 4.84. The van der Waals surface area contributed by atoms with Crippen LogP contribution in [-0.4, -0.2) is 28.9 Å². The Bertz CT molecular complexity index is 541. The van der Waals surface area contributed by atoms with E-state index in [2.05, 4.69) is 0 Å². The van der Waals surface area contributed by atoms with Crippen molar-refractivity contribution in [2.24, 2.45) is 0 Å². The molecule has 0 bridgehead atoms. The van der Waals surface area contributed by atoms with Crippen LogP contribution in [0.2, 0.25) is 0 Å². The number of halogens is 4. The first-order valence-corrected chi connectivity index (χ1v) is 5.91. The maximum atomic E-state index is 12.9. The number of ketones is 1. The Kier molecular flexibility index (Phi) is 3.53. The molecule has 0 fully saturated rings. The van der Waals surface area contributed by atoms with Crippen LogP contribution in [0.25, 0.3) is 0 Å². The van der Waals surface area contributed by atoms with Gasteiger partial charge in [-0.1, -0.05) is 11.8 Å². The molecule has 1 aliphatic heterocycles. The Labute approximate surface area is 108 Å². The van der Waals surface area contributed by atoms with Crippen LogP contribution in [0.3, 0.4) is 0 Å². The van der Waals surface area contributed by atoms with Crippen molar-refractivity contribution in [3.05, 3.63) is 29.6 Å². The number of Topliss-reactive ketones (excluding diaryl/α,β-unsaturated/α-hetero) is 1. The SMILES string of the molecule is O=C1c2ccc(F)cc2OCC1SC(=O)C(F)(F)F. The van der Waals surface area contributed by atoms with E-state index in [1.165, 1.54) is 0 Å². The average Bonchev–Trinajstić information content (AvgIpc) is 2.31. The van der Waals surface area contributed by atoms with E-state index in [1.54, 1.807) is 0 Å². The smallest absolute Gasteiger partial charge is 0.460 e. The van der Waals surface area contributed by atoms with E-state index in [-0.39, 0.29) is 23.1 Å². The van der Waals surface area contributed by atoms with Crippen molar-refractivity contribution in [2.75, 3.05) is 6.61 Å². The number of hydrogen-bond acceptors (Lipinski definition) is 4. The van der Waals surface area contributed by atoms with Gasteiger partial charge < -0.3 is 4.74 Å². The topological polar surface area (TPSA) is 43.4 Å². The van der Waals surface area contributed by atoms with Crippen LogP contribution < -0.4 is 4.74 Å². The molecule has 1 aromatic rings. The van der Waals surface area contributed by atoms with Gasteiger partial charge in [0, 0.05) is 6.07 Å². The largest absolute Gasteiger partial charge is 0.491 e. The first-order valence-electron chi connectivity index (χ1n) is 5.03. The second-order valence-corrected chi connectivity index (χ2v) is 4.88. The highest BCUT2D eigenvalue weighted by Crippen LogP contribution is 2.33. The van der Waals surface area contributed by atoms with Crippen LogP contribution in [0.1, 0.15) is 10.4 Å². The summed E-state index contributed by atoms with van der Waals surface area (Å²) in [7, 11) is 0. The molecule has 0 spiro atoms. The molecule has 0 aromatic heterocycles. The standard InChI is InChI=1S/C11H6F4O3S/c12-5-1-2-6-7(3-5)18-4-8(9(6)16)19-10(17)11(13,14)15/h1-3,8H,4H2. The third-order valence-corrected chi connectivity index (χ3v) is 3.45. The molecule has 0 aliphatic carbocycles. The monoisotopic (exact) mass is 294 g/mol. The molecule has 0 saturated heterocycles. The zero-order valence-electron chi connectivity index (χ0n) is 9.16. The molecule has 1 aliphatic rings. The Hall–Kier alpha value is -1.57. The number of carbonyl (C=O) groups is 2. The fourth-order valence-electron chi connectivity index (χ4n) is 1.52. The van der Waals surface area contributed by atoms with E-state index < -0.39 is 34.7 Å². The number of alkyl halides is 3. The minimum Gasteiger partial charge on any atom is -0.491 e. The van der Waals surface area contributed by atoms with E-state index in [1.807, 2.05) is 0 Å². The number of rotatable bonds is 1. The van der Waals surface area contributed by atoms with Gasteiger partial charge in [0.15, 0.2) is 5.78 Å². The van der Waals surface area contributed by atoms with Crippen molar-refractivity contribution in [3.63, 3.8) is 0 Å². The molecular formula is C11H6F4O3S. The van der Waals surface area contributed by atoms with Gasteiger partial charge in [-0.2, -0.15) is 13.2 Å². The molecule has 0 N–H and O–H groups in total. The zero-order chi connectivity index (χ0) is 14.2. The van der Waals surface area contributed by atoms with Crippen molar-refractivity contribution >= 4 is 22.7 Å². The van der Waals surface area contributed by atoms with Crippen LogP contribution in [-0.2, 0) is 4.79 Å². The highest BCUT2D eigenvalue weighted by molar-refractivity contribution is 8.14. The van der Waals surface area contributed by atoms with Gasteiger partial charge in [-0.3, -0.25) is 9.59 Å². The van der Waals surface area contributed by atoms with Crippen LogP contribution in [0.4, 0.5) is 17.6 Å². The van der Waals surface area contributed by atoms with Crippen molar-refractivity contribution in [1.82, 2.24) is 0 Å². The summed E-state index contributed by atoms with van der Waals surface area (Å²) < 4.78 is 54.2. The second-order valence-electron chi connectivity index (χ2n) is 3.71. The van der Waals surface area contributed by atoms with E-state index in [0.29, 0.717) is 0 Å². The number of ether oxygens (including phenoxy) is 1. The zero-order valence-corrected chi connectivity index (χ0v) is 9.98. The lowest BCUT2D eigenvalue weighted by Gasteiger charge is -2.23. The molecular weight excluding hydrogens is 288 g/mol. The van der Waals surface area contributed by atoms with E-state index >= 15 is 0 Å². The van der Waals surface area contributed by atoms with Crippen LogP contribution in [0.5, 0.6) is 5.75 Å². The molecule has 1 heterocycles. The van der Waals surface area contributed by atoms with E-state index in [0.717, 1.165) is 18.2 Å². The normalized spacial score (nSPS) is 18.7. The minimum absolute atomic E-state index is 0.0266. The number of fused-ring (bicyclic) bond motifs is 1. The Morgan fingerprint density at radius 2 is 2.05 bits per heavy atom. The van der Waals surface area contributed by atoms with Crippen molar-refractivity contribution in [3.8, 4) is 5.75 Å². The van der Waals surface area contributed by atoms with Gasteiger partial charge in [-0.05, 0) is 12.1 Å². The van der Waals surface area contributed by atoms with Crippen molar-refractivity contribution in [2.45, 2.75) is 11.4 Å². The Morgan fingerprint density at radius 1 is 1.37 bits per heavy atom. The maximum absolute atomic E-state index is 12.9. The molecule has 1 atom stereocenters. The van der Waals surface area contributed by atoms with Gasteiger partial charge in [0.1, 0.15) is 23.4 Å². The van der Waals surface area contributed by atoms with E-state index in [9.17, 15) is 27.2 Å². The lowest BCUT2D eigenvalue weighted by Crippen LogP contribution is -2.34.